The number of nitrogens with zero attached hydrogens (tertiary/aromatic N) is 3. The maximum Gasteiger partial charge on any atom is 0.137 e. The molecule has 0 unspecified atom stereocenters. The second-order valence-corrected chi connectivity index (χ2v) is 5.62. The molecule has 88 valence electrons. The van der Waals surface area contributed by atoms with Crippen LogP contribution in [0.1, 0.15) is 26.5 Å². The van der Waals surface area contributed by atoms with Crippen LogP contribution in [0.15, 0.2) is 30.6 Å². The first-order valence-electron chi connectivity index (χ1n) is 5.90. The van der Waals surface area contributed by atoms with Gasteiger partial charge in [-0.2, -0.15) is 0 Å². The van der Waals surface area contributed by atoms with Gasteiger partial charge in [0.2, 0.25) is 0 Å². The largest absolute Gasteiger partial charge is 0.349 e. The first-order chi connectivity index (χ1) is 7.98. The fourth-order valence-electron chi connectivity index (χ4n) is 2.34. The molecule has 0 aliphatic heterocycles. The first kappa shape index (κ1) is 10.4. The summed E-state index contributed by atoms with van der Waals surface area (Å²) in [5, 5.41) is 0. The van der Waals surface area contributed by atoms with Gasteiger partial charge in [0.1, 0.15) is 5.65 Å². The molecule has 3 aromatic heterocycles. The summed E-state index contributed by atoms with van der Waals surface area (Å²) < 4.78 is 4.40. The van der Waals surface area contributed by atoms with Gasteiger partial charge in [-0.1, -0.05) is 20.8 Å². The van der Waals surface area contributed by atoms with Gasteiger partial charge in [-0.25, -0.2) is 4.98 Å². The molecule has 0 aromatic carbocycles. The Hall–Kier alpha value is -1.77. The van der Waals surface area contributed by atoms with Crippen molar-refractivity contribution < 1.29 is 0 Å². The SMILES string of the molecule is Cn1ccc2c1ccc1ncc(C(C)(C)C)n12. The van der Waals surface area contributed by atoms with E-state index in [4.69, 9.17) is 0 Å². The number of hydrogen-bond acceptors (Lipinski definition) is 1. The van der Waals surface area contributed by atoms with Crippen LogP contribution in [-0.2, 0) is 12.5 Å². The van der Waals surface area contributed by atoms with Crippen LogP contribution in [-0.4, -0.2) is 14.0 Å². The van der Waals surface area contributed by atoms with E-state index in [1.807, 2.05) is 6.20 Å². The number of aromatic nitrogens is 3. The van der Waals surface area contributed by atoms with Crippen molar-refractivity contribution in [3.63, 3.8) is 0 Å². The summed E-state index contributed by atoms with van der Waals surface area (Å²) >= 11 is 0. The van der Waals surface area contributed by atoms with Gasteiger partial charge >= 0.3 is 0 Å². The fraction of sp³-hybridized carbons (Fsp3) is 0.357. The molecule has 3 rings (SSSR count). The molecule has 0 bridgehead atoms. The van der Waals surface area contributed by atoms with E-state index in [0.29, 0.717) is 0 Å². The number of pyridine rings is 1. The normalized spacial score (nSPS) is 12.7. The van der Waals surface area contributed by atoms with E-state index < -0.39 is 0 Å². The molecular formula is C14H17N3. The molecule has 0 N–H and O–H groups in total. The lowest BCUT2D eigenvalue weighted by molar-refractivity contribution is 0.566. The van der Waals surface area contributed by atoms with Crippen molar-refractivity contribution in [1.82, 2.24) is 14.0 Å². The van der Waals surface area contributed by atoms with Crippen LogP contribution in [0.2, 0.25) is 0 Å². The highest BCUT2D eigenvalue weighted by atomic mass is 15.0. The maximum atomic E-state index is 4.50. The van der Waals surface area contributed by atoms with Crippen molar-refractivity contribution in [3.05, 3.63) is 36.3 Å². The second-order valence-electron chi connectivity index (χ2n) is 5.62. The summed E-state index contributed by atoms with van der Waals surface area (Å²) in [5.74, 6) is 0. The highest BCUT2D eigenvalue weighted by Gasteiger charge is 2.20. The summed E-state index contributed by atoms with van der Waals surface area (Å²) in [6.45, 7) is 6.66. The number of hydrogen-bond donors (Lipinski definition) is 0. The zero-order chi connectivity index (χ0) is 12.2. The van der Waals surface area contributed by atoms with Gasteiger partial charge in [-0.05, 0) is 18.2 Å². The summed E-state index contributed by atoms with van der Waals surface area (Å²) in [4.78, 5) is 4.50. The average Bonchev–Trinajstić information content (AvgIpc) is 2.80. The zero-order valence-electron chi connectivity index (χ0n) is 10.7. The summed E-state index contributed by atoms with van der Waals surface area (Å²) in [5.41, 5.74) is 4.84. The molecule has 3 heteroatoms. The molecule has 17 heavy (non-hydrogen) atoms. The minimum atomic E-state index is 0.101. The van der Waals surface area contributed by atoms with Crippen molar-refractivity contribution in [1.29, 1.82) is 0 Å². The van der Waals surface area contributed by atoms with Crippen molar-refractivity contribution in [2.45, 2.75) is 26.2 Å². The minimum absolute atomic E-state index is 0.101. The topological polar surface area (TPSA) is 22.2 Å². The lowest BCUT2D eigenvalue weighted by atomic mass is 9.93. The van der Waals surface area contributed by atoms with Crippen LogP contribution in [0, 0.1) is 0 Å². The second kappa shape index (κ2) is 3.13. The van der Waals surface area contributed by atoms with E-state index in [-0.39, 0.29) is 5.41 Å². The Labute approximate surface area is 101 Å². The molecule has 0 fully saturated rings. The third kappa shape index (κ3) is 1.38. The third-order valence-corrected chi connectivity index (χ3v) is 3.29. The Kier molecular flexibility index (Phi) is 1.91. The Morgan fingerprint density at radius 3 is 2.53 bits per heavy atom. The van der Waals surface area contributed by atoms with Gasteiger partial charge in [0.25, 0.3) is 0 Å². The number of rotatable bonds is 0. The van der Waals surface area contributed by atoms with Crippen LogP contribution < -0.4 is 0 Å². The highest BCUT2D eigenvalue weighted by molar-refractivity contribution is 5.80. The monoisotopic (exact) mass is 227 g/mol. The van der Waals surface area contributed by atoms with Crippen molar-refractivity contribution >= 4 is 16.7 Å². The molecule has 0 atom stereocenters. The van der Waals surface area contributed by atoms with E-state index in [0.717, 1.165) is 5.65 Å². The summed E-state index contributed by atoms with van der Waals surface area (Å²) in [6, 6.07) is 6.36. The van der Waals surface area contributed by atoms with Crippen molar-refractivity contribution in [3.8, 4) is 0 Å². The molecule has 0 saturated carbocycles. The van der Waals surface area contributed by atoms with Crippen LogP contribution in [0.5, 0.6) is 0 Å². The van der Waals surface area contributed by atoms with E-state index in [1.54, 1.807) is 0 Å². The lowest BCUT2D eigenvalue weighted by Gasteiger charge is -2.18. The summed E-state index contributed by atoms with van der Waals surface area (Å²) in [7, 11) is 2.07. The van der Waals surface area contributed by atoms with Crippen LogP contribution in [0.25, 0.3) is 16.7 Å². The quantitative estimate of drug-likeness (QED) is 0.578. The van der Waals surface area contributed by atoms with Gasteiger partial charge in [-0.15, -0.1) is 0 Å². The number of aryl methyl sites for hydroxylation is 1. The molecule has 0 amide bonds. The average molecular weight is 227 g/mol. The predicted octanol–water partition coefficient (Wildman–Crippen LogP) is 3.12. The Morgan fingerprint density at radius 2 is 1.82 bits per heavy atom. The smallest absolute Gasteiger partial charge is 0.137 e. The fourth-order valence-corrected chi connectivity index (χ4v) is 2.34. The van der Waals surface area contributed by atoms with Crippen LogP contribution >= 0.6 is 0 Å². The molecule has 0 aliphatic rings. The van der Waals surface area contributed by atoms with E-state index in [1.165, 1.54) is 16.7 Å². The molecule has 0 aliphatic carbocycles. The van der Waals surface area contributed by atoms with Gasteiger partial charge < -0.3 is 4.57 Å². The van der Waals surface area contributed by atoms with Gasteiger partial charge in [-0.3, -0.25) is 4.40 Å². The molecule has 0 radical (unpaired) electrons. The third-order valence-electron chi connectivity index (χ3n) is 3.29. The van der Waals surface area contributed by atoms with E-state index in [2.05, 4.69) is 66.2 Å². The van der Waals surface area contributed by atoms with Gasteiger partial charge in [0.05, 0.1) is 11.0 Å². The van der Waals surface area contributed by atoms with E-state index >= 15 is 0 Å². The Bertz CT molecular complexity index is 695. The zero-order valence-corrected chi connectivity index (χ0v) is 10.7. The Balaban J connectivity index is 2.51. The lowest BCUT2D eigenvalue weighted by Crippen LogP contribution is -2.14. The number of fused-ring (bicyclic) bond motifs is 3. The van der Waals surface area contributed by atoms with E-state index in [9.17, 15) is 0 Å². The Morgan fingerprint density at radius 1 is 1.06 bits per heavy atom. The van der Waals surface area contributed by atoms with Gasteiger partial charge in [0, 0.05) is 30.6 Å². The highest BCUT2D eigenvalue weighted by Crippen LogP contribution is 2.27. The molecule has 3 heterocycles. The maximum absolute atomic E-state index is 4.50. The number of imidazole rings is 1. The standard InChI is InChI=1S/C14H17N3/c1-14(2,3)12-9-15-13-6-5-10-11(17(12)13)7-8-16(10)4/h5-9H,1-4H3. The molecule has 0 spiro atoms. The summed E-state index contributed by atoms with van der Waals surface area (Å²) in [6.07, 6.45) is 4.08. The first-order valence-corrected chi connectivity index (χ1v) is 5.90. The molecule has 3 nitrogen and oxygen atoms in total. The van der Waals surface area contributed by atoms with Crippen molar-refractivity contribution in [2.75, 3.05) is 0 Å². The molecular weight excluding hydrogens is 210 g/mol. The molecule has 0 saturated heterocycles. The molecule has 3 aromatic rings. The van der Waals surface area contributed by atoms with Gasteiger partial charge in [0.15, 0.2) is 0 Å². The predicted molar refractivity (Wildman–Crippen MR) is 70.4 cm³/mol. The van der Waals surface area contributed by atoms with Crippen LogP contribution in [0.3, 0.4) is 0 Å². The minimum Gasteiger partial charge on any atom is -0.349 e. The van der Waals surface area contributed by atoms with Crippen LogP contribution in [0.4, 0.5) is 0 Å². The van der Waals surface area contributed by atoms with Crippen molar-refractivity contribution in [2.24, 2.45) is 7.05 Å².